The van der Waals surface area contributed by atoms with E-state index >= 15 is 0 Å². The molecule has 3 heterocycles. The Hall–Kier alpha value is -3.48. The Morgan fingerprint density at radius 1 is 1.09 bits per heavy atom. The van der Waals surface area contributed by atoms with Crippen molar-refractivity contribution in [2.24, 2.45) is 5.92 Å². The summed E-state index contributed by atoms with van der Waals surface area (Å²) in [6.07, 6.45) is 5.79. The number of hydrogen-bond acceptors (Lipinski definition) is 4. The van der Waals surface area contributed by atoms with Crippen LogP contribution in [0.4, 0.5) is 0 Å². The Morgan fingerprint density at radius 2 is 1.80 bits per heavy atom. The number of methoxy groups -OCH3 is 1. The maximum Gasteiger partial charge on any atom is 0.271 e. The van der Waals surface area contributed by atoms with Crippen molar-refractivity contribution < 1.29 is 18.7 Å². The van der Waals surface area contributed by atoms with Crippen LogP contribution in [0.1, 0.15) is 55.6 Å². The van der Waals surface area contributed by atoms with Crippen molar-refractivity contribution in [2.45, 2.75) is 64.2 Å². The number of rotatable bonds is 6. The zero-order valence-electron chi connectivity index (χ0n) is 20.6. The van der Waals surface area contributed by atoms with Crippen molar-refractivity contribution in [3.05, 3.63) is 66.1 Å². The van der Waals surface area contributed by atoms with Crippen LogP contribution >= 0.6 is 0 Å². The van der Waals surface area contributed by atoms with Crippen LogP contribution in [-0.4, -0.2) is 40.0 Å². The van der Waals surface area contributed by atoms with Gasteiger partial charge in [-0.25, -0.2) is 0 Å². The van der Waals surface area contributed by atoms with Gasteiger partial charge < -0.3 is 23.9 Å². The van der Waals surface area contributed by atoms with Gasteiger partial charge in [-0.05, 0) is 80.5 Å². The van der Waals surface area contributed by atoms with Crippen molar-refractivity contribution in [3.63, 3.8) is 0 Å². The monoisotopic (exact) mass is 475 g/mol. The third-order valence-corrected chi connectivity index (χ3v) is 7.62. The predicted molar refractivity (Wildman–Crippen MR) is 133 cm³/mol. The fourth-order valence-electron chi connectivity index (χ4n) is 5.32. The first kappa shape index (κ1) is 23.3. The van der Waals surface area contributed by atoms with Gasteiger partial charge in [-0.3, -0.25) is 9.59 Å². The molecule has 5 rings (SSSR count). The Kier molecular flexibility index (Phi) is 6.17. The molecule has 2 amide bonds. The van der Waals surface area contributed by atoms with Crippen LogP contribution in [0, 0.1) is 5.92 Å². The van der Waals surface area contributed by atoms with E-state index in [0.717, 1.165) is 42.7 Å². The van der Waals surface area contributed by atoms with Crippen LogP contribution < -0.4 is 10.1 Å². The van der Waals surface area contributed by atoms with Gasteiger partial charge in [0.1, 0.15) is 22.7 Å². The van der Waals surface area contributed by atoms with E-state index in [-0.39, 0.29) is 17.9 Å². The van der Waals surface area contributed by atoms with Gasteiger partial charge in [0, 0.05) is 12.6 Å². The lowest BCUT2D eigenvalue weighted by Gasteiger charge is -2.45. The second kappa shape index (κ2) is 9.29. The average molecular weight is 476 g/mol. The second-order valence-electron chi connectivity index (χ2n) is 10.1. The molecule has 1 N–H and O–H groups in total. The number of benzene rings is 1. The van der Waals surface area contributed by atoms with E-state index in [4.69, 9.17) is 9.15 Å². The Bertz CT molecular complexity index is 1190. The van der Waals surface area contributed by atoms with E-state index in [0.29, 0.717) is 30.5 Å². The van der Waals surface area contributed by atoms with Crippen molar-refractivity contribution in [2.75, 3.05) is 7.11 Å². The van der Waals surface area contributed by atoms with Gasteiger partial charge in [0.15, 0.2) is 0 Å². The first-order chi connectivity index (χ1) is 16.9. The minimum absolute atomic E-state index is 0.108. The minimum atomic E-state index is -1.06. The highest BCUT2D eigenvalue weighted by Gasteiger charge is 2.48. The molecule has 1 atom stereocenters. The highest BCUT2D eigenvalue weighted by Crippen LogP contribution is 2.35. The number of nitrogens with one attached hydrogen (secondary N) is 1. The molecule has 2 aromatic heterocycles. The standard InChI is InChI=1S/C28H33N3O4/c1-19-6-10-21(11-7-19)29-27(33)28(2)18-30-23(25-5-4-16-35-25)14-15-24(30)26(32)31(28)17-20-8-12-22(34-3)13-9-20/h4-5,8-9,12-16,19,21H,6-7,10-11,17-18H2,1-3H3,(H,29,33)/t19?,21?,28-/m0/s1. The summed E-state index contributed by atoms with van der Waals surface area (Å²) in [6, 6.07) is 15.2. The SMILES string of the molecule is COc1ccc(CN2C(=O)c3ccc(-c4ccco4)n3C[C@@]2(C)C(=O)NC2CCC(C)CC2)cc1. The molecule has 1 aromatic carbocycles. The molecule has 7 heteroatoms. The van der Waals surface area contributed by atoms with Gasteiger partial charge in [-0.15, -0.1) is 0 Å². The van der Waals surface area contributed by atoms with Crippen LogP contribution in [0.2, 0.25) is 0 Å². The quantitative estimate of drug-likeness (QED) is 0.552. The third kappa shape index (κ3) is 4.35. The largest absolute Gasteiger partial charge is 0.497 e. The fraction of sp³-hybridized carbons (Fsp3) is 0.429. The second-order valence-corrected chi connectivity index (χ2v) is 10.1. The van der Waals surface area contributed by atoms with Gasteiger partial charge in [0.25, 0.3) is 5.91 Å². The van der Waals surface area contributed by atoms with E-state index in [9.17, 15) is 9.59 Å². The number of ether oxygens (including phenoxy) is 1. The zero-order valence-corrected chi connectivity index (χ0v) is 20.6. The predicted octanol–water partition coefficient (Wildman–Crippen LogP) is 4.87. The molecule has 0 bridgehead atoms. The number of carbonyl (C=O) groups is 2. The van der Waals surface area contributed by atoms with Crippen LogP contribution in [0.25, 0.3) is 11.5 Å². The topological polar surface area (TPSA) is 76.7 Å². The summed E-state index contributed by atoms with van der Waals surface area (Å²) in [5.41, 5.74) is 1.23. The minimum Gasteiger partial charge on any atom is -0.497 e. The molecule has 0 saturated heterocycles. The molecule has 0 unspecified atom stereocenters. The summed E-state index contributed by atoms with van der Waals surface area (Å²) in [6.45, 7) is 4.82. The summed E-state index contributed by atoms with van der Waals surface area (Å²) < 4.78 is 12.8. The number of hydrogen-bond donors (Lipinski definition) is 1. The van der Waals surface area contributed by atoms with Crippen LogP contribution in [-0.2, 0) is 17.9 Å². The molecule has 0 radical (unpaired) electrons. The van der Waals surface area contributed by atoms with E-state index < -0.39 is 5.54 Å². The van der Waals surface area contributed by atoms with E-state index in [1.165, 1.54) is 0 Å². The van der Waals surface area contributed by atoms with Crippen molar-refractivity contribution in [1.82, 2.24) is 14.8 Å². The lowest BCUT2D eigenvalue weighted by molar-refractivity contribution is -0.134. The molecule has 1 saturated carbocycles. The van der Waals surface area contributed by atoms with E-state index in [1.54, 1.807) is 18.3 Å². The first-order valence-corrected chi connectivity index (χ1v) is 12.4. The molecule has 1 fully saturated rings. The fourth-order valence-corrected chi connectivity index (χ4v) is 5.32. The van der Waals surface area contributed by atoms with Gasteiger partial charge in [-0.2, -0.15) is 0 Å². The highest BCUT2D eigenvalue weighted by atomic mass is 16.5. The molecule has 35 heavy (non-hydrogen) atoms. The summed E-state index contributed by atoms with van der Waals surface area (Å²) in [7, 11) is 1.63. The highest BCUT2D eigenvalue weighted by molar-refractivity contribution is 6.00. The Morgan fingerprint density at radius 3 is 2.46 bits per heavy atom. The molecule has 1 aliphatic heterocycles. The number of fused-ring (bicyclic) bond motifs is 1. The number of aromatic nitrogens is 1. The molecule has 3 aromatic rings. The van der Waals surface area contributed by atoms with E-state index in [1.807, 2.05) is 60.0 Å². The number of amides is 2. The molecule has 2 aliphatic rings. The molecular formula is C28H33N3O4. The summed E-state index contributed by atoms with van der Waals surface area (Å²) >= 11 is 0. The smallest absolute Gasteiger partial charge is 0.271 e. The van der Waals surface area contributed by atoms with Crippen LogP contribution in [0.15, 0.2) is 59.2 Å². The summed E-state index contributed by atoms with van der Waals surface area (Å²) in [5.74, 6) is 1.85. The van der Waals surface area contributed by atoms with Crippen molar-refractivity contribution in [3.8, 4) is 17.2 Å². The molecule has 7 nitrogen and oxygen atoms in total. The van der Waals surface area contributed by atoms with Crippen LogP contribution in [0.3, 0.4) is 0 Å². The number of carbonyl (C=O) groups excluding carboxylic acids is 2. The molecule has 0 spiro atoms. The molecule has 184 valence electrons. The number of furan rings is 1. The maximum absolute atomic E-state index is 13.9. The normalized spacial score (nSPS) is 24.2. The maximum atomic E-state index is 13.9. The average Bonchev–Trinajstić information content (AvgIpc) is 3.53. The first-order valence-electron chi connectivity index (χ1n) is 12.4. The van der Waals surface area contributed by atoms with Gasteiger partial charge in [-0.1, -0.05) is 19.1 Å². The van der Waals surface area contributed by atoms with Gasteiger partial charge in [0.2, 0.25) is 5.91 Å². The lowest BCUT2D eigenvalue weighted by Crippen LogP contribution is -2.64. The molecular weight excluding hydrogens is 442 g/mol. The Balaban J connectivity index is 1.49. The summed E-state index contributed by atoms with van der Waals surface area (Å²) in [5, 5.41) is 3.29. The van der Waals surface area contributed by atoms with Crippen LogP contribution in [0.5, 0.6) is 5.75 Å². The number of nitrogens with zero attached hydrogens (tertiary/aromatic N) is 2. The third-order valence-electron chi connectivity index (χ3n) is 7.62. The van der Waals surface area contributed by atoms with Gasteiger partial charge >= 0.3 is 0 Å². The zero-order chi connectivity index (χ0) is 24.6. The molecule has 1 aliphatic carbocycles. The van der Waals surface area contributed by atoms with Crippen molar-refractivity contribution in [1.29, 1.82) is 0 Å². The van der Waals surface area contributed by atoms with Gasteiger partial charge in [0.05, 0.1) is 25.6 Å². The summed E-state index contributed by atoms with van der Waals surface area (Å²) in [4.78, 5) is 29.5. The van der Waals surface area contributed by atoms with Crippen molar-refractivity contribution >= 4 is 11.8 Å². The van der Waals surface area contributed by atoms with E-state index in [2.05, 4.69) is 12.2 Å². The Labute approximate surface area is 206 Å². The lowest BCUT2D eigenvalue weighted by atomic mass is 9.86.